The smallest absolute Gasteiger partial charge is 0.262 e. The van der Waals surface area contributed by atoms with E-state index in [1.807, 2.05) is 5.38 Å². The Kier molecular flexibility index (Phi) is 3.94. The Morgan fingerprint density at radius 1 is 1.38 bits per heavy atom. The zero-order chi connectivity index (χ0) is 15.0. The fraction of sp³-hybridized carbons (Fsp3) is 0.615. The monoisotopic (exact) mass is 328 g/mol. The molecule has 0 aromatic carbocycles. The molecule has 1 N–H and O–H groups in total. The van der Waals surface area contributed by atoms with E-state index in [0.717, 1.165) is 25.7 Å². The lowest BCUT2D eigenvalue weighted by Gasteiger charge is -2.30. The van der Waals surface area contributed by atoms with Crippen LogP contribution in [0.2, 0.25) is 0 Å². The van der Waals surface area contributed by atoms with E-state index in [4.69, 9.17) is 0 Å². The number of thiazole rings is 1. The van der Waals surface area contributed by atoms with Gasteiger partial charge in [0.1, 0.15) is 0 Å². The van der Waals surface area contributed by atoms with E-state index in [9.17, 15) is 8.42 Å². The molecule has 116 valence electrons. The number of hydrogen-bond acceptors (Lipinski definition) is 5. The highest BCUT2D eigenvalue weighted by Crippen LogP contribution is 2.31. The molecule has 8 heteroatoms. The molecule has 1 fully saturated rings. The fourth-order valence-electron chi connectivity index (χ4n) is 2.95. The average Bonchev–Trinajstić information content (AvgIpc) is 3.06. The fourth-order valence-corrected chi connectivity index (χ4v) is 5.39. The Hall–Kier alpha value is -1.12. The molecule has 0 saturated heterocycles. The lowest BCUT2D eigenvalue weighted by atomic mass is 9.96. The molecular weight excluding hydrogens is 308 g/mol. The second-order valence-corrected chi connectivity index (χ2v) is 8.17. The second kappa shape index (κ2) is 5.58. The molecule has 6 nitrogen and oxygen atoms in total. The SMILES string of the molecule is CNc1nc2sccn2c1S(=O)(=O)N(C)C1CCCCC1. The minimum absolute atomic E-state index is 0.0950. The van der Waals surface area contributed by atoms with Gasteiger partial charge in [0.2, 0.25) is 0 Å². The van der Waals surface area contributed by atoms with Gasteiger partial charge in [0.25, 0.3) is 10.0 Å². The number of hydrogen-bond donors (Lipinski definition) is 1. The largest absolute Gasteiger partial charge is 0.371 e. The third-order valence-corrected chi connectivity index (χ3v) is 6.86. The van der Waals surface area contributed by atoms with Crippen LogP contribution < -0.4 is 5.32 Å². The van der Waals surface area contributed by atoms with Gasteiger partial charge in [-0.05, 0) is 12.8 Å². The van der Waals surface area contributed by atoms with Crippen molar-refractivity contribution in [2.75, 3.05) is 19.4 Å². The number of fused-ring (bicyclic) bond motifs is 1. The molecule has 0 amide bonds. The van der Waals surface area contributed by atoms with Crippen molar-refractivity contribution in [1.82, 2.24) is 13.7 Å². The highest BCUT2D eigenvalue weighted by molar-refractivity contribution is 7.89. The number of anilines is 1. The topological polar surface area (TPSA) is 66.7 Å². The maximum absolute atomic E-state index is 13.0. The number of imidazole rings is 1. The average molecular weight is 328 g/mol. The van der Waals surface area contributed by atoms with Crippen molar-refractivity contribution in [3.8, 4) is 0 Å². The molecule has 2 heterocycles. The summed E-state index contributed by atoms with van der Waals surface area (Å²) in [5.74, 6) is 0.421. The minimum atomic E-state index is -3.56. The summed E-state index contributed by atoms with van der Waals surface area (Å²) in [7, 11) is -0.165. The third kappa shape index (κ3) is 2.45. The Morgan fingerprint density at radius 2 is 2.10 bits per heavy atom. The molecule has 2 aromatic heterocycles. The zero-order valence-corrected chi connectivity index (χ0v) is 13.9. The predicted octanol–water partition coefficient (Wildman–Crippen LogP) is 2.39. The summed E-state index contributed by atoms with van der Waals surface area (Å²) >= 11 is 1.43. The van der Waals surface area contributed by atoms with Crippen LogP contribution >= 0.6 is 11.3 Å². The van der Waals surface area contributed by atoms with Crippen molar-refractivity contribution in [2.24, 2.45) is 0 Å². The molecule has 3 rings (SSSR count). The van der Waals surface area contributed by atoms with Gasteiger partial charge in [-0.15, -0.1) is 11.3 Å². The van der Waals surface area contributed by atoms with Gasteiger partial charge in [-0.25, -0.2) is 13.4 Å². The first-order chi connectivity index (χ1) is 10.1. The molecule has 0 atom stereocenters. The van der Waals surface area contributed by atoms with Gasteiger partial charge in [0.15, 0.2) is 15.8 Å². The molecule has 21 heavy (non-hydrogen) atoms. The van der Waals surface area contributed by atoms with E-state index in [0.29, 0.717) is 10.8 Å². The maximum Gasteiger partial charge on any atom is 0.262 e. The molecule has 0 unspecified atom stereocenters. The first-order valence-corrected chi connectivity index (χ1v) is 9.49. The quantitative estimate of drug-likeness (QED) is 0.936. The van der Waals surface area contributed by atoms with E-state index in [2.05, 4.69) is 10.3 Å². The molecule has 2 aromatic rings. The summed E-state index contributed by atoms with van der Waals surface area (Å²) in [6.07, 6.45) is 7.04. The molecule has 0 radical (unpaired) electrons. The molecule has 1 saturated carbocycles. The summed E-state index contributed by atoms with van der Waals surface area (Å²) < 4.78 is 29.2. The molecule has 1 aliphatic rings. The number of aromatic nitrogens is 2. The van der Waals surface area contributed by atoms with E-state index >= 15 is 0 Å². The van der Waals surface area contributed by atoms with Crippen LogP contribution in [0.4, 0.5) is 5.82 Å². The predicted molar refractivity (Wildman–Crippen MR) is 84.4 cm³/mol. The van der Waals surface area contributed by atoms with Crippen LogP contribution in [-0.2, 0) is 10.0 Å². The second-order valence-electron chi connectivity index (χ2n) is 5.38. The summed E-state index contributed by atoms with van der Waals surface area (Å²) in [6, 6.07) is 0.0950. The molecule has 0 aliphatic heterocycles. The maximum atomic E-state index is 13.0. The van der Waals surface area contributed by atoms with Crippen LogP contribution in [-0.4, -0.2) is 42.2 Å². The van der Waals surface area contributed by atoms with Crippen LogP contribution in [0.1, 0.15) is 32.1 Å². The van der Waals surface area contributed by atoms with Crippen LogP contribution in [0.25, 0.3) is 4.96 Å². The van der Waals surface area contributed by atoms with Crippen molar-refractivity contribution in [1.29, 1.82) is 0 Å². The Labute approximate surface area is 128 Å². The van der Waals surface area contributed by atoms with Crippen molar-refractivity contribution in [3.05, 3.63) is 11.6 Å². The summed E-state index contributed by atoms with van der Waals surface area (Å²) in [5.41, 5.74) is 0. The highest BCUT2D eigenvalue weighted by atomic mass is 32.2. The number of rotatable bonds is 4. The molecule has 1 aliphatic carbocycles. The third-order valence-electron chi connectivity index (χ3n) is 4.17. The summed E-state index contributed by atoms with van der Waals surface area (Å²) in [5, 5.41) is 5.00. The first-order valence-electron chi connectivity index (χ1n) is 7.17. The van der Waals surface area contributed by atoms with Gasteiger partial charge >= 0.3 is 0 Å². The number of nitrogens with one attached hydrogen (secondary N) is 1. The summed E-state index contributed by atoms with van der Waals surface area (Å²) in [4.78, 5) is 5.04. The van der Waals surface area contributed by atoms with Gasteiger partial charge in [-0.1, -0.05) is 19.3 Å². The lowest BCUT2D eigenvalue weighted by molar-refractivity contribution is 0.285. The van der Waals surface area contributed by atoms with Crippen LogP contribution in [0.3, 0.4) is 0 Å². The molecular formula is C13H20N4O2S2. The number of sulfonamides is 1. The van der Waals surface area contributed by atoms with E-state index in [1.54, 1.807) is 24.7 Å². The first kappa shape index (κ1) is 14.8. The van der Waals surface area contributed by atoms with Gasteiger partial charge in [-0.2, -0.15) is 4.31 Å². The van der Waals surface area contributed by atoms with E-state index in [1.165, 1.54) is 22.1 Å². The van der Waals surface area contributed by atoms with Crippen molar-refractivity contribution >= 4 is 32.1 Å². The Balaban J connectivity index is 2.04. The standard InChI is InChI=1S/C13H20N4O2S2/c1-14-11-12(17-8-9-20-13(17)15-11)21(18,19)16(2)10-6-4-3-5-7-10/h8-10,14H,3-7H2,1-2H3. The van der Waals surface area contributed by atoms with E-state index < -0.39 is 10.0 Å². The van der Waals surface area contributed by atoms with Crippen LogP contribution in [0.5, 0.6) is 0 Å². The lowest BCUT2D eigenvalue weighted by Crippen LogP contribution is -2.38. The van der Waals surface area contributed by atoms with Crippen LogP contribution in [0.15, 0.2) is 16.6 Å². The number of nitrogens with zero attached hydrogens (tertiary/aromatic N) is 3. The normalized spacial score (nSPS) is 17.7. The van der Waals surface area contributed by atoms with E-state index in [-0.39, 0.29) is 11.1 Å². The van der Waals surface area contributed by atoms with Crippen LogP contribution in [0, 0.1) is 0 Å². The zero-order valence-electron chi connectivity index (χ0n) is 12.2. The highest BCUT2D eigenvalue weighted by Gasteiger charge is 2.34. The van der Waals surface area contributed by atoms with Crippen molar-refractivity contribution < 1.29 is 8.42 Å². The van der Waals surface area contributed by atoms with Gasteiger partial charge in [-0.3, -0.25) is 4.40 Å². The Bertz CT molecular complexity index is 729. The van der Waals surface area contributed by atoms with Crippen molar-refractivity contribution in [3.63, 3.8) is 0 Å². The summed E-state index contributed by atoms with van der Waals surface area (Å²) in [6.45, 7) is 0. The van der Waals surface area contributed by atoms with Crippen molar-refractivity contribution in [2.45, 2.75) is 43.2 Å². The molecule has 0 spiro atoms. The molecule has 0 bridgehead atoms. The van der Waals surface area contributed by atoms with Gasteiger partial charge in [0.05, 0.1) is 0 Å². The van der Waals surface area contributed by atoms with Gasteiger partial charge < -0.3 is 5.32 Å². The Morgan fingerprint density at radius 3 is 2.76 bits per heavy atom. The van der Waals surface area contributed by atoms with Gasteiger partial charge in [0, 0.05) is 31.7 Å². The minimum Gasteiger partial charge on any atom is -0.371 e.